The summed E-state index contributed by atoms with van der Waals surface area (Å²) >= 11 is 0. The number of nitrogens with one attached hydrogen (secondary N) is 1. The van der Waals surface area contributed by atoms with Gasteiger partial charge in [-0.15, -0.1) is 0 Å². The summed E-state index contributed by atoms with van der Waals surface area (Å²) in [5.41, 5.74) is -0.163. The third kappa shape index (κ3) is 0.698. The van der Waals surface area contributed by atoms with Gasteiger partial charge in [-0.25, -0.2) is 8.78 Å². The lowest BCUT2D eigenvalue weighted by Gasteiger charge is -2.14. The van der Waals surface area contributed by atoms with Crippen LogP contribution in [0.15, 0.2) is 0 Å². The summed E-state index contributed by atoms with van der Waals surface area (Å²) < 4.78 is 25.2. The van der Waals surface area contributed by atoms with Crippen LogP contribution in [0.3, 0.4) is 0 Å². The molecule has 2 saturated carbocycles. The number of halogens is 2. The minimum atomic E-state index is -2.38. The third-order valence-corrected chi connectivity index (χ3v) is 2.85. The highest BCUT2D eigenvalue weighted by Gasteiger charge is 2.65. The summed E-state index contributed by atoms with van der Waals surface area (Å²) in [6.07, 6.45) is 1.12. The molecule has 2 fully saturated rings. The van der Waals surface area contributed by atoms with Crippen LogP contribution in [0.4, 0.5) is 8.78 Å². The first-order valence-electron chi connectivity index (χ1n) is 3.65. The summed E-state index contributed by atoms with van der Waals surface area (Å²) in [4.78, 5) is 0. The van der Waals surface area contributed by atoms with Crippen molar-refractivity contribution in [1.29, 1.82) is 0 Å². The second kappa shape index (κ2) is 1.52. The summed E-state index contributed by atoms with van der Waals surface area (Å²) in [5, 5.41) is 2.99. The molecule has 0 amide bonds. The maximum absolute atomic E-state index is 12.6. The van der Waals surface area contributed by atoms with Gasteiger partial charge in [-0.05, 0) is 19.4 Å². The average molecular weight is 147 g/mol. The fraction of sp³-hybridized carbons (Fsp3) is 1.00. The Morgan fingerprint density at radius 2 is 2.10 bits per heavy atom. The molecule has 2 atom stereocenters. The quantitative estimate of drug-likeness (QED) is 0.591. The molecule has 0 aromatic rings. The van der Waals surface area contributed by atoms with E-state index in [2.05, 4.69) is 5.32 Å². The van der Waals surface area contributed by atoms with E-state index in [-0.39, 0.29) is 24.3 Å². The number of fused-ring (bicyclic) bond motifs is 1. The van der Waals surface area contributed by atoms with Gasteiger partial charge in [0, 0.05) is 18.4 Å². The molecule has 1 N–H and O–H groups in total. The van der Waals surface area contributed by atoms with Gasteiger partial charge in [-0.3, -0.25) is 0 Å². The number of hydrogen-bond donors (Lipinski definition) is 1. The zero-order valence-electron chi connectivity index (χ0n) is 5.95. The van der Waals surface area contributed by atoms with Crippen LogP contribution in [0.5, 0.6) is 0 Å². The molecule has 0 spiro atoms. The minimum absolute atomic E-state index is 0.0567. The molecule has 0 saturated heterocycles. The van der Waals surface area contributed by atoms with Gasteiger partial charge in [0.25, 0.3) is 0 Å². The summed E-state index contributed by atoms with van der Waals surface area (Å²) in [6, 6.07) is 0. The zero-order valence-corrected chi connectivity index (χ0v) is 5.95. The first kappa shape index (κ1) is 6.53. The Morgan fingerprint density at radius 3 is 2.40 bits per heavy atom. The van der Waals surface area contributed by atoms with E-state index in [1.165, 1.54) is 0 Å². The van der Waals surface area contributed by atoms with Crippen molar-refractivity contribution in [3.8, 4) is 0 Å². The molecule has 0 aromatic carbocycles. The standard InChI is InChI=1S/C7H11F2N/c1-10-6-2-5(6)3-7(8,9)4-6/h5,10H,2-4H2,1H3. The van der Waals surface area contributed by atoms with Crippen molar-refractivity contribution in [2.45, 2.75) is 30.7 Å². The van der Waals surface area contributed by atoms with E-state index < -0.39 is 5.92 Å². The van der Waals surface area contributed by atoms with Crippen LogP contribution in [-0.4, -0.2) is 18.5 Å². The molecule has 0 radical (unpaired) electrons. The van der Waals surface area contributed by atoms with Gasteiger partial charge < -0.3 is 5.32 Å². The lowest BCUT2D eigenvalue weighted by molar-refractivity contribution is -0.00647. The normalized spacial score (nSPS) is 48.9. The average Bonchev–Trinajstić information content (AvgIpc) is 2.36. The van der Waals surface area contributed by atoms with Crippen molar-refractivity contribution < 1.29 is 8.78 Å². The molecule has 2 aliphatic carbocycles. The molecule has 10 heavy (non-hydrogen) atoms. The van der Waals surface area contributed by atoms with Gasteiger partial charge >= 0.3 is 0 Å². The van der Waals surface area contributed by atoms with Gasteiger partial charge in [0.1, 0.15) is 0 Å². The Bertz CT molecular complexity index is 165. The molecular formula is C7H11F2N. The summed E-state index contributed by atoms with van der Waals surface area (Å²) in [7, 11) is 1.78. The molecule has 0 aromatic heterocycles. The molecule has 3 heteroatoms. The van der Waals surface area contributed by atoms with E-state index in [1.807, 2.05) is 0 Å². The van der Waals surface area contributed by atoms with Crippen LogP contribution in [0.1, 0.15) is 19.3 Å². The predicted molar refractivity (Wildman–Crippen MR) is 34.1 cm³/mol. The number of hydrogen-bond acceptors (Lipinski definition) is 1. The van der Waals surface area contributed by atoms with Crippen molar-refractivity contribution in [3.05, 3.63) is 0 Å². The Balaban J connectivity index is 2.10. The smallest absolute Gasteiger partial charge is 0.250 e. The highest BCUT2D eigenvalue weighted by molar-refractivity contribution is 5.18. The second-order valence-corrected chi connectivity index (χ2v) is 3.54. The van der Waals surface area contributed by atoms with Crippen molar-refractivity contribution in [1.82, 2.24) is 5.32 Å². The zero-order chi connectivity index (χ0) is 7.41. The summed E-state index contributed by atoms with van der Waals surface area (Å²) in [5.74, 6) is -2.13. The maximum atomic E-state index is 12.6. The number of rotatable bonds is 1. The molecular weight excluding hydrogens is 136 g/mol. The fourth-order valence-electron chi connectivity index (χ4n) is 2.15. The van der Waals surface area contributed by atoms with Crippen molar-refractivity contribution >= 4 is 0 Å². The van der Waals surface area contributed by atoms with Crippen LogP contribution in [0.2, 0.25) is 0 Å². The van der Waals surface area contributed by atoms with E-state index in [0.717, 1.165) is 6.42 Å². The highest BCUT2D eigenvalue weighted by Crippen LogP contribution is 2.60. The van der Waals surface area contributed by atoms with Gasteiger partial charge in [-0.1, -0.05) is 0 Å². The van der Waals surface area contributed by atoms with Crippen LogP contribution in [0, 0.1) is 5.92 Å². The van der Waals surface area contributed by atoms with E-state index in [1.54, 1.807) is 7.05 Å². The SMILES string of the molecule is CNC12CC1CC(F)(F)C2. The van der Waals surface area contributed by atoms with Gasteiger partial charge in [0.05, 0.1) is 0 Å². The van der Waals surface area contributed by atoms with E-state index in [0.29, 0.717) is 0 Å². The predicted octanol–water partition coefficient (Wildman–Crippen LogP) is 1.39. The van der Waals surface area contributed by atoms with E-state index in [4.69, 9.17) is 0 Å². The monoisotopic (exact) mass is 147 g/mol. The van der Waals surface area contributed by atoms with Crippen LogP contribution in [0.25, 0.3) is 0 Å². The van der Waals surface area contributed by atoms with Gasteiger partial charge in [0.2, 0.25) is 5.92 Å². The van der Waals surface area contributed by atoms with Crippen molar-refractivity contribution in [3.63, 3.8) is 0 Å². The minimum Gasteiger partial charge on any atom is -0.314 e. The topological polar surface area (TPSA) is 12.0 Å². The first-order valence-corrected chi connectivity index (χ1v) is 3.65. The fourth-order valence-corrected chi connectivity index (χ4v) is 2.15. The molecule has 2 rings (SSSR count). The molecule has 1 nitrogen and oxygen atoms in total. The van der Waals surface area contributed by atoms with Crippen LogP contribution >= 0.6 is 0 Å². The molecule has 0 aliphatic heterocycles. The third-order valence-electron chi connectivity index (χ3n) is 2.85. The Morgan fingerprint density at radius 1 is 1.40 bits per heavy atom. The first-order chi connectivity index (χ1) is 4.58. The second-order valence-electron chi connectivity index (χ2n) is 3.54. The largest absolute Gasteiger partial charge is 0.314 e. The Kier molecular flexibility index (Phi) is 0.994. The summed E-state index contributed by atoms with van der Waals surface area (Å²) in [6.45, 7) is 0. The van der Waals surface area contributed by atoms with Crippen molar-refractivity contribution in [2.75, 3.05) is 7.05 Å². The van der Waals surface area contributed by atoms with Crippen molar-refractivity contribution in [2.24, 2.45) is 5.92 Å². The molecule has 2 unspecified atom stereocenters. The Hall–Kier alpha value is -0.180. The lowest BCUT2D eigenvalue weighted by atomic mass is 10.1. The molecule has 0 heterocycles. The van der Waals surface area contributed by atoms with E-state index >= 15 is 0 Å². The maximum Gasteiger partial charge on any atom is 0.250 e. The Labute approximate surface area is 58.8 Å². The van der Waals surface area contributed by atoms with E-state index in [9.17, 15) is 8.78 Å². The van der Waals surface area contributed by atoms with Gasteiger partial charge in [0.15, 0.2) is 0 Å². The number of alkyl halides is 2. The lowest BCUT2D eigenvalue weighted by Crippen LogP contribution is -2.30. The molecule has 2 aliphatic rings. The van der Waals surface area contributed by atoms with Crippen LogP contribution < -0.4 is 5.32 Å². The highest BCUT2D eigenvalue weighted by atomic mass is 19.3. The van der Waals surface area contributed by atoms with Crippen LogP contribution in [-0.2, 0) is 0 Å². The molecule has 0 bridgehead atoms. The van der Waals surface area contributed by atoms with Gasteiger partial charge in [-0.2, -0.15) is 0 Å². The molecule has 58 valence electrons.